The Hall–Kier alpha value is -2.96. The summed E-state index contributed by atoms with van der Waals surface area (Å²) in [5.74, 6) is -2.66. The van der Waals surface area contributed by atoms with Crippen LogP contribution in [0.2, 0.25) is 10.0 Å². The zero-order valence-corrected chi connectivity index (χ0v) is 15.3. The number of ether oxygens (including phenoxy) is 2. The summed E-state index contributed by atoms with van der Waals surface area (Å²) in [7, 11) is 0. The third kappa shape index (κ3) is 1.94. The fraction of sp³-hybridized carbons (Fsp3) is 0.0500. The average Bonchev–Trinajstić information content (AvgIpc) is 2.97. The van der Waals surface area contributed by atoms with Crippen molar-refractivity contribution in [3.8, 4) is 23.0 Å². The van der Waals surface area contributed by atoms with Gasteiger partial charge in [0.15, 0.2) is 22.9 Å². The minimum absolute atomic E-state index is 0.0972. The second kappa shape index (κ2) is 5.53. The first-order chi connectivity index (χ1) is 13.4. The first kappa shape index (κ1) is 17.2. The van der Waals surface area contributed by atoms with Gasteiger partial charge < -0.3 is 19.7 Å². The Morgan fingerprint density at radius 2 is 1.75 bits per heavy atom. The van der Waals surface area contributed by atoms with Crippen LogP contribution in [0.5, 0.6) is 23.0 Å². The molecule has 0 bridgehead atoms. The Bertz CT molecular complexity index is 1210. The van der Waals surface area contributed by atoms with Gasteiger partial charge in [0.05, 0.1) is 11.1 Å². The maximum absolute atomic E-state index is 15.3. The summed E-state index contributed by atoms with van der Waals surface area (Å²) >= 11 is 12.1. The molecule has 5 rings (SSSR count). The van der Waals surface area contributed by atoms with E-state index in [9.17, 15) is 15.0 Å². The number of hydrogen-bond donors (Lipinski definition) is 2. The minimum atomic E-state index is -1.74. The second-order valence-corrected chi connectivity index (χ2v) is 7.15. The molecule has 1 unspecified atom stereocenters. The molecule has 0 fully saturated rings. The van der Waals surface area contributed by atoms with Gasteiger partial charge in [-0.25, -0.2) is 9.18 Å². The first-order valence-electron chi connectivity index (χ1n) is 8.10. The quantitative estimate of drug-likeness (QED) is 0.391. The van der Waals surface area contributed by atoms with Crippen LogP contribution in [0.1, 0.15) is 27.0 Å². The minimum Gasteiger partial charge on any atom is -0.508 e. The molecular formula is C20H9Cl2FO5. The first-order valence-corrected chi connectivity index (χ1v) is 8.86. The second-order valence-electron chi connectivity index (χ2n) is 6.39. The Balaban J connectivity index is 1.99. The van der Waals surface area contributed by atoms with E-state index in [0.717, 1.165) is 0 Å². The van der Waals surface area contributed by atoms with Crippen LogP contribution in [0.3, 0.4) is 0 Å². The standard InChI is InChI=1S/C20H9Cl2FO5/c21-14-16(23)13-18(15(22)17(14)25)27-12-7-8(24)5-6-11(12)20(13)10-4-2-1-3-9(10)19(26)28-20/h1-7,24-25H. The number of benzene rings is 3. The topological polar surface area (TPSA) is 76.0 Å². The summed E-state index contributed by atoms with van der Waals surface area (Å²) in [5.41, 5.74) is -1.07. The van der Waals surface area contributed by atoms with E-state index in [2.05, 4.69) is 0 Å². The van der Waals surface area contributed by atoms with Gasteiger partial charge in [-0.1, -0.05) is 41.4 Å². The highest BCUT2D eigenvalue weighted by molar-refractivity contribution is 6.38. The summed E-state index contributed by atoms with van der Waals surface area (Å²) < 4.78 is 26.8. The van der Waals surface area contributed by atoms with Gasteiger partial charge in [0.1, 0.15) is 21.5 Å². The number of halogens is 3. The third-order valence-electron chi connectivity index (χ3n) is 4.94. The predicted molar refractivity (Wildman–Crippen MR) is 98.0 cm³/mol. The fourth-order valence-electron chi connectivity index (χ4n) is 3.77. The molecule has 5 nitrogen and oxygen atoms in total. The van der Waals surface area contributed by atoms with Gasteiger partial charge in [-0.05, 0) is 18.2 Å². The number of esters is 1. The van der Waals surface area contributed by atoms with E-state index in [0.29, 0.717) is 5.56 Å². The number of rotatable bonds is 0. The molecule has 8 heteroatoms. The summed E-state index contributed by atoms with van der Waals surface area (Å²) in [6.07, 6.45) is 0. The van der Waals surface area contributed by atoms with E-state index >= 15 is 4.39 Å². The van der Waals surface area contributed by atoms with Crippen molar-refractivity contribution in [3.05, 3.63) is 80.6 Å². The van der Waals surface area contributed by atoms with E-state index in [4.69, 9.17) is 32.7 Å². The number of fused-ring (bicyclic) bond motifs is 6. The fourth-order valence-corrected chi connectivity index (χ4v) is 4.24. The maximum atomic E-state index is 15.3. The van der Waals surface area contributed by atoms with Crippen LogP contribution >= 0.6 is 23.2 Å². The van der Waals surface area contributed by atoms with Gasteiger partial charge in [0.25, 0.3) is 0 Å². The molecule has 0 aliphatic carbocycles. The highest BCUT2D eigenvalue weighted by Crippen LogP contribution is 2.61. The van der Waals surface area contributed by atoms with Crippen LogP contribution in [0, 0.1) is 5.82 Å². The zero-order chi connectivity index (χ0) is 19.8. The number of hydrogen-bond acceptors (Lipinski definition) is 5. The number of phenols is 2. The Morgan fingerprint density at radius 1 is 1.00 bits per heavy atom. The molecule has 3 aromatic carbocycles. The molecule has 3 aromatic rings. The Morgan fingerprint density at radius 3 is 2.54 bits per heavy atom. The van der Waals surface area contributed by atoms with Crippen LogP contribution in [0.4, 0.5) is 4.39 Å². The van der Waals surface area contributed by atoms with Gasteiger partial charge in [-0.15, -0.1) is 0 Å². The number of carbonyl (C=O) groups excluding carboxylic acids is 1. The number of carbonyl (C=O) groups is 1. The molecule has 1 spiro atoms. The molecule has 140 valence electrons. The monoisotopic (exact) mass is 418 g/mol. The molecule has 2 N–H and O–H groups in total. The average molecular weight is 419 g/mol. The van der Waals surface area contributed by atoms with Crippen LogP contribution < -0.4 is 4.74 Å². The normalized spacial score (nSPS) is 18.9. The van der Waals surface area contributed by atoms with Gasteiger partial charge >= 0.3 is 5.97 Å². The summed E-state index contributed by atoms with van der Waals surface area (Å²) in [6.45, 7) is 0. The van der Waals surface area contributed by atoms with Gasteiger partial charge in [-0.3, -0.25) is 0 Å². The van der Waals surface area contributed by atoms with Crippen molar-refractivity contribution in [2.75, 3.05) is 0 Å². The molecule has 28 heavy (non-hydrogen) atoms. The third-order valence-corrected chi connectivity index (χ3v) is 5.63. The van der Waals surface area contributed by atoms with Crippen molar-refractivity contribution in [1.29, 1.82) is 0 Å². The molecule has 0 aromatic heterocycles. The predicted octanol–water partition coefficient (Wildman–Crippen LogP) is 5.11. The van der Waals surface area contributed by atoms with Crippen molar-refractivity contribution in [2.45, 2.75) is 5.60 Å². The number of aromatic hydroxyl groups is 2. The van der Waals surface area contributed by atoms with Gasteiger partial charge in [0, 0.05) is 17.2 Å². The maximum Gasteiger partial charge on any atom is 0.340 e. The SMILES string of the molecule is O=C1OC2(c3ccc(O)cc3Oc3c(Cl)c(O)c(Cl)c(F)c32)c2ccccc21. The lowest BCUT2D eigenvalue weighted by Gasteiger charge is -2.37. The van der Waals surface area contributed by atoms with Crippen molar-refractivity contribution in [2.24, 2.45) is 0 Å². The van der Waals surface area contributed by atoms with Crippen molar-refractivity contribution < 1.29 is 28.9 Å². The Labute approximate surface area is 167 Å². The van der Waals surface area contributed by atoms with Gasteiger partial charge in [0.2, 0.25) is 0 Å². The van der Waals surface area contributed by atoms with Crippen LogP contribution in [0.15, 0.2) is 42.5 Å². The smallest absolute Gasteiger partial charge is 0.340 e. The number of phenolic OH excluding ortho intramolecular Hbond substituents is 2. The van der Waals surface area contributed by atoms with E-state index < -0.39 is 28.2 Å². The van der Waals surface area contributed by atoms with Gasteiger partial charge in [-0.2, -0.15) is 0 Å². The molecule has 0 amide bonds. The molecule has 1 atom stereocenters. The summed E-state index contributed by atoms with van der Waals surface area (Å²) in [5, 5.41) is 19.0. The summed E-state index contributed by atoms with van der Waals surface area (Å²) in [4.78, 5) is 12.6. The lowest BCUT2D eigenvalue weighted by Crippen LogP contribution is -2.34. The lowest BCUT2D eigenvalue weighted by atomic mass is 9.77. The molecule has 2 heterocycles. The molecule has 0 saturated heterocycles. The van der Waals surface area contributed by atoms with E-state index in [1.165, 1.54) is 18.2 Å². The van der Waals surface area contributed by atoms with Crippen LogP contribution in [-0.2, 0) is 10.3 Å². The molecule has 2 aliphatic heterocycles. The highest BCUT2D eigenvalue weighted by atomic mass is 35.5. The Kier molecular flexibility index (Phi) is 3.39. The molecule has 0 radical (unpaired) electrons. The molecule has 2 aliphatic rings. The van der Waals surface area contributed by atoms with Crippen molar-refractivity contribution >= 4 is 29.2 Å². The van der Waals surface area contributed by atoms with E-state index in [-0.39, 0.29) is 39.0 Å². The van der Waals surface area contributed by atoms with Crippen molar-refractivity contribution in [1.82, 2.24) is 0 Å². The van der Waals surface area contributed by atoms with Crippen molar-refractivity contribution in [3.63, 3.8) is 0 Å². The highest BCUT2D eigenvalue weighted by Gasteiger charge is 2.56. The molecule has 0 saturated carbocycles. The van der Waals surface area contributed by atoms with E-state index in [1.807, 2.05) is 0 Å². The largest absolute Gasteiger partial charge is 0.508 e. The zero-order valence-electron chi connectivity index (χ0n) is 13.8. The van der Waals surface area contributed by atoms with E-state index in [1.54, 1.807) is 24.3 Å². The van der Waals surface area contributed by atoms with Crippen LogP contribution in [-0.4, -0.2) is 16.2 Å². The molecular weight excluding hydrogens is 410 g/mol. The van der Waals surface area contributed by atoms with Crippen LogP contribution in [0.25, 0.3) is 0 Å². The lowest BCUT2D eigenvalue weighted by molar-refractivity contribution is 0.0213. The summed E-state index contributed by atoms with van der Waals surface area (Å²) in [6, 6.07) is 10.6.